The lowest BCUT2D eigenvalue weighted by Crippen LogP contribution is -2.60. The maximum absolute atomic E-state index is 14.2. The van der Waals surface area contributed by atoms with E-state index in [0.717, 1.165) is 0 Å². The van der Waals surface area contributed by atoms with E-state index < -0.39 is 41.8 Å². The van der Waals surface area contributed by atoms with Gasteiger partial charge in [-0.2, -0.15) is 0 Å². The van der Waals surface area contributed by atoms with Crippen molar-refractivity contribution in [3.05, 3.63) is 54.1 Å². The smallest absolute Gasteiger partial charge is 0.265 e. The molecule has 0 unspecified atom stereocenters. The SMILES string of the molecule is CCC[C@@](O)(C(N)=O)C(=O)N(CC(C)(F)F)[C@@H]1C(=O)Nc2ccccc2-c2ccccc21. The van der Waals surface area contributed by atoms with Crippen LogP contribution in [0.5, 0.6) is 0 Å². The molecule has 2 aromatic carbocycles. The number of rotatable bonds is 7. The third-order valence-electron chi connectivity index (χ3n) is 5.37. The van der Waals surface area contributed by atoms with Crippen molar-refractivity contribution in [1.29, 1.82) is 0 Å². The molecule has 2 aromatic rings. The van der Waals surface area contributed by atoms with Crippen LogP contribution in [-0.4, -0.2) is 45.8 Å². The van der Waals surface area contributed by atoms with Crippen LogP contribution >= 0.6 is 0 Å². The predicted octanol–water partition coefficient (Wildman–Crippen LogP) is 2.85. The first-order valence-corrected chi connectivity index (χ1v) is 10.2. The standard InChI is InChI=1S/C23H25F2N3O4/c1-3-12-23(32,20(26)30)21(31)28(13-22(2,24)25)18-16-10-5-4-8-14(16)15-9-6-7-11-17(15)27-19(18)29/h4-11,18,32H,3,12-13H2,1-2H3,(H2,26,30)(H,27,29)/t18-,23+/m0/s1. The van der Waals surface area contributed by atoms with Crippen molar-refractivity contribution in [2.24, 2.45) is 5.73 Å². The summed E-state index contributed by atoms with van der Waals surface area (Å²) in [6.07, 6.45) is -0.191. The van der Waals surface area contributed by atoms with Crippen LogP contribution in [0.3, 0.4) is 0 Å². The van der Waals surface area contributed by atoms with Crippen LogP contribution in [0, 0.1) is 0 Å². The molecule has 1 aliphatic heterocycles. The summed E-state index contributed by atoms with van der Waals surface area (Å²) < 4.78 is 28.4. The van der Waals surface area contributed by atoms with Crippen LogP contribution in [0.4, 0.5) is 14.5 Å². The minimum atomic E-state index is -3.42. The van der Waals surface area contributed by atoms with E-state index in [1.807, 2.05) is 0 Å². The van der Waals surface area contributed by atoms with Gasteiger partial charge in [-0.3, -0.25) is 14.4 Å². The molecule has 3 rings (SSSR count). The van der Waals surface area contributed by atoms with Crippen LogP contribution in [0.25, 0.3) is 11.1 Å². The van der Waals surface area contributed by atoms with Gasteiger partial charge in [-0.25, -0.2) is 8.78 Å². The number of halogens is 2. The lowest BCUT2D eigenvalue weighted by Gasteiger charge is -2.37. The Morgan fingerprint density at radius 3 is 2.31 bits per heavy atom. The van der Waals surface area contributed by atoms with Gasteiger partial charge in [-0.1, -0.05) is 55.8 Å². The number of carbonyl (C=O) groups is 3. The van der Waals surface area contributed by atoms with Gasteiger partial charge in [0, 0.05) is 18.2 Å². The summed E-state index contributed by atoms with van der Waals surface area (Å²) in [5.41, 5.74) is 4.50. The van der Waals surface area contributed by atoms with Gasteiger partial charge in [0.15, 0.2) is 0 Å². The summed E-state index contributed by atoms with van der Waals surface area (Å²) in [7, 11) is 0. The number of carbonyl (C=O) groups excluding carboxylic acids is 3. The summed E-state index contributed by atoms with van der Waals surface area (Å²) in [4.78, 5) is 39.2. The van der Waals surface area contributed by atoms with Crippen molar-refractivity contribution in [2.45, 2.75) is 44.3 Å². The van der Waals surface area contributed by atoms with Gasteiger partial charge in [-0.15, -0.1) is 0 Å². The van der Waals surface area contributed by atoms with E-state index in [2.05, 4.69) is 5.32 Å². The Kier molecular flexibility index (Phi) is 6.32. The van der Waals surface area contributed by atoms with Gasteiger partial charge in [0.1, 0.15) is 6.04 Å². The van der Waals surface area contributed by atoms with E-state index in [1.165, 1.54) is 0 Å². The molecule has 4 N–H and O–H groups in total. The summed E-state index contributed by atoms with van der Waals surface area (Å²) in [6, 6.07) is 12.0. The van der Waals surface area contributed by atoms with Crippen molar-refractivity contribution in [2.75, 3.05) is 11.9 Å². The average molecular weight is 445 g/mol. The van der Waals surface area contributed by atoms with Crippen molar-refractivity contribution >= 4 is 23.4 Å². The van der Waals surface area contributed by atoms with Crippen LogP contribution < -0.4 is 11.1 Å². The first kappa shape index (κ1) is 23.3. The maximum atomic E-state index is 14.2. The van der Waals surface area contributed by atoms with Crippen LogP contribution in [0.15, 0.2) is 48.5 Å². The van der Waals surface area contributed by atoms with Crippen LogP contribution in [0.1, 0.15) is 38.3 Å². The molecular weight excluding hydrogens is 420 g/mol. The third-order valence-corrected chi connectivity index (χ3v) is 5.37. The number of amides is 3. The quantitative estimate of drug-likeness (QED) is 0.569. The van der Waals surface area contributed by atoms with Gasteiger partial charge in [0.05, 0.1) is 6.54 Å². The summed E-state index contributed by atoms with van der Waals surface area (Å²) in [5, 5.41) is 13.5. The number of para-hydroxylation sites is 1. The molecule has 1 heterocycles. The molecule has 9 heteroatoms. The van der Waals surface area contributed by atoms with E-state index in [4.69, 9.17) is 5.73 Å². The highest BCUT2D eigenvalue weighted by Gasteiger charge is 2.50. The normalized spacial score (nSPS) is 17.3. The van der Waals surface area contributed by atoms with Gasteiger partial charge < -0.3 is 21.1 Å². The number of nitrogens with zero attached hydrogens (tertiary/aromatic N) is 1. The highest BCUT2D eigenvalue weighted by Crippen LogP contribution is 2.40. The zero-order chi connectivity index (χ0) is 23.7. The number of primary amides is 1. The Hall–Kier alpha value is -3.33. The highest BCUT2D eigenvalue weighted by molar-refractivity contribution is 6.10. The average Bonchev–Trinajstić information content (AvgIpc) is 2.84. The second-order valence-corrected chi connectivity index (χ2v) is 8.00. The molecule has 170 valence electrons. The molecule has 7 nitrogen and oxygen atoms in total. The molecule has 0 aliphatic carbocycles. The zero-order valence-corrected chi connectivity index (χ0v) is 17.8. The summed E-state index contributed by atoms with van der Waals surface area (Å²) in [5.74, 6) is -6.87. The van der Waals surface area contributed by atoms with Crippen molar-refractivity contribution in [1.82, 2.24) is 4.90 Å². The minimum Gasteiger partial charge on any atom is -0.372 e. The summed E-state index contributed by atoms with van der Waals surface area (Å²) >= 11 is 0. The first-order valence-electron chi connectivity index (χ1n) is 10.2. The number of aliphatic hydroxyl groups is 1. The number of hydrogen-bond acceptors (Lipinski definition) is 4. The van der Waals surface area contributed by atoms with Gasteiger partial charge in [0.25, 0.3) is 23.6 Å². The number of hydrogen-bond donors (Lipinski definition) is 3. The molecule has 0 saturated heterocycles. The fourth-order valence-electron chi connectivity index (χ4n) is 3.97. The van der Waals surface area contributed by atoms with E-state index in [0.29, 0.717) is 28.6 Å². The number of benzene rings is 2. The molecule has 0 bridgehead atoms. The zero-order valence-electron chi connectivity index (χ0n) is 17.8. The van der Waals surface area contributed by atoms with Crippen LogP contribution in [-0.2, 0) is 14.4 Å². The predicted molar refractivity (Wildman–Crippen MR) is 115 cm³/mol. The van der Waals surface area contributed by atoms with Crippen molar-refractivity contribution in [3.8, 4) is 11.1 Å². The molecular formula is C23H25F2N3O4. The van der Waals surface area contributed by atoms with Gasteiger partial charge >= 0.3 is 0 Å². The Morgan fingerprint density at radius 1 is 1.12 bits per heavy atom. The molecule has 0 saturated carbocycles. The number of alkyl halides is 2. The number of nitrogens with two attached hydrogens (primary N) is 1. The molecule has 1 aliphatic rings. The fourth-order valence-corrected chi connectivity index (χ4v) is 3.97. The van der Waals surface area contributed by atoms with E-state index >= 15 is 0 Å². The molecule has 3 amide bonds. The Morgan fingerprint density at radius 2 is 1.72 bits per heavy atom. The lowest BCUT2D eigenvalue weighted by atomic mass is 9.91. The third kappa shape index (κ3) is 4.34. The molecule has 32 heavy (non-hydrogen) atoms. The largest absolute Gasteiger partial charge is 0.372 e. The summed E-state index contributed by atoms with van der Waals surface area (Å²) in [6.45, 7) is 0.990. The lowest BCUT2D eigenvalue weighted by molar-refractivity contribution is -0.167. The monoisotopic (exact) mass is 445 g/mol. The van der Waals surface area contributed by atoms with Crippen LogP contribution in [0.2, 0.25) is 0 Å². The van der Waals surface area contributed by atoms with E-state index in [-0.39, 0.29) is 18.4 Å². The molecule has 0 radical (unpaired) electrons. The highest BCUT2D eigenvalue weighted by atomic mass is 19.3. The molecule has 0 aromatic heterocycles. The van der Waals surface area contributed by atoms with Gasteiger partial charge in [0.2, 0.25) is 5.60 Å². The van der Waals surface area contributed by atoms with Crippen molar-refractivity contribution < 1.29 is 28.3 Å². The maximum Gasteiger partial charge on any atom is 0.265 e. The van der Waals surface area contributed by atoms with E-state index in [1.54, 1.807) is 55.5 Å². The number of anilines is 1. The minimum absolute atomic E-state index is 0.181. The van der Waals surface area contributed by atoms with Gasteiger partial charge in [-0.05, 0) is 23.6 Å². The molecule has 0 spiro atoms. The topological polar surface area (TPSA) is 113 Å². The first-order chi connectivity index (χ1) is 15.0. The second kappa shape index (κ2) is 8.66. The number of nitrogens with one attached hydrogen (secondary N) is 1. The van der Waals surface area contributed by atoms with E-state index in [9.17, 15) is 28.3 Å². The Balaban J connectivity index is 2.22. The Labute approximate surface area is 184 Å². The van der Waals surface area contributed by atoms with Crippen molar-refractivity contribution in [3.63, 3.8) is 0 Å². The number of fused-ring (bicyclic) bond motifs is 3. The molecule has 0 fully saturated rings. The second-order valence-electron chi connectivity index (χ2n) is 8.00. The Bertz CT molecular complexity index is 1050. The molecule has 2 atom stereocenters. The fraction of sp³-hybridized carbons (Fsp3) is 0.348.